The van der Waals surface area contributed by atoms with Crippen molar-refractivity contribution >= 4 is 33.3 Å². The van der Waals surface area contributed by atoms with Crippen LogP contribution in [-0.2, 0) is 27.8 Å². The number of nitrogens with one attached hydrogen (secondary N) is 1. The standard InChI is InChI=1S/C24H26ClFN4O3S/c25-17-1-2-19(26)21(8-17)34(32,33)30-4-3-18-20(12-30)27-13-28-22(18)29-23(31)24-9-14-5-15(10-24)7-16(6-14)11-24/h1-2,8,13-16H,3-7,9-12H2,(H,27,28,29,31). The summed E-state index contributed by atoms with van der Waals surface area (Å²) < 4.78 is 41.7. The van der Waals surface area contributed by atoms with Crippen LogP contribution in [0.1, 0.15) is 49.8 Å². The lowest BCUT2D eigenvalue weighted by Crippen LogP contribution is -2.52. The maximum atomic E-state index is 14.3. The summed E-state index contributed by atoms with van der Waals surface area (Å²) >= 11 is 5.91. The first-order valence-electron chi connectivity index (χ1n) is 11.8. The highest BCUT2D eigenvalue weighted by Crippen LogP contribution is 2.60. The number of fused-ring (bicyclic) bond motifs is 1. The normalized spacial score (nSPS) is 30.2. The Bertz CT molecular complexity index is 1250. The third-order valence-electron chi connectivity index (χ3n) is 8.23. The summed E-state index contributed by atoms with van der Waals surface area (Å²) in [5.74, 6) is 1.63. The molecule has 4 fully saturated rings. The minimum absolute atomic E-state index is 0.0215. The number of halogens is 2. The van der Waals surface area contributed by atoms with E-state index in [1.54, 1.807) is 0 Å². The highest BCUT2D eigenvalue weighted by molar-refractivity contribution is 7.89. The second-order valence-corrected chi connectivity index (χ2v) is 12.8. The molecule has 0 unspecified atom stereocenters. The maximum Gasteiger partial charge on any atom is 0.246 e. The summed E-state index contributed by atoms with van der Waals surface area (Å²) in [6.45, 7) is 0.112. The first kappa shape index (κ1) is 22.4. The zero-order valence-corrected chi connectivity index (χ0v) is 20.2. The molecule has 180 valence electrons. The van der Waals surface area contributed by atoms with Crippen molar-refractivity contribution in [2.45, 2.75) is 56.4 Å². The van der Waals surface area contributed by atoms with Crippen LogP contribution < -0.4 is 5.32 Å². The Hall–Kier alpha value is -2.10. The van der Waals surface area contributed by atoms with E-state index in [2.05, 4.69) is 15.3 Å². The van der Waals surface area contributed by atoms with Crippen molar-refractivity contribution in [2.24, 2.45) is 23.2 Å². The van der Waals surface area contributed by atoms with Crippen molar-refractivity contribution in [1.82, 2.24) is 14.3 Å². The predicted molar refractivity (Wildman–Crippen MR) is 124 cm³/mol. The van der Waals surface area contributed by atoms with Crippen LogP contribution in [0.15, 0.2) is 29.4 Å². The molecule has 34 heavy (non-hydrogen) atoms. The average Bonchev–Trinajstić information content (AvgIpc) is 2.79. The quantitative estimate of drug-likeness (QED) is 0.674. The Morgan fingerprint density at radius 3 is 2.47 bits per heavy atom. The van der Waals surface area contributed by atoms with Crippen molar-refractivity contribution in [2.75, 3.05) is 11.9 Å². The number of hydrogen-bond acceptors (Lipinski definition) is 5. The Morgan fingerprint density at radius 2 is 1.79 bits per heavy atom. The number of hydrogen-bond donors (Lipinski definition) is 1. The SMILES string of the molecule is O=C(Nc1ncnc2c1CCN(S(=O)(=O)c1cc(Cl)ccc1F)C2)C12CC3CC(CC(C3)C1)C2. The van der Waals surface area contributed by atoms with Gasteiger partial charge in [-0.3, -0.25) is 4.79 Å². The third-order valence-corrected chi connectivity index (χ3v) is 10.3. The summed E-state index contributed by atoms with van der Waals surface area (Å²) in [5, 5.41) is 3.24. The minimum Gasteiger partial charge on any atom is -0.310 e. The van der Waals surface area contributed by atoms with Crippen LogP contribution in [0.25, 0.3) is 0 Å². The number of carbonyl (C=O) groups is 1. The molecule has 4 aliphatic carbocycles. The van der Waals surface area contributed by atoms with E-state index in [0.29, 0.717) is 35.7 Å². The lowest BCUT2D eigenvalue weighted by Gasteiger charge is -2.55. The molecule has 0 radical (unpaired) electrons. The van der Waals surface area contributed by atoms with Gasteiger partial charge >= 0.3 is 0 Å². The van der Waals surface area contributed by atoms with Crippen LogP contribution in [0, 0.1) is 29.0 Å². The average molecular weight is 505 g/mol. The number of amides is 1. The van der Waals surface area contributed by atoms with E-state index in [1.165, 1.54) is 36.0 Å². The monoisotopic (exact) mass is 504 g/mol. The van der Waals surface area contributed by atoms with Gasteiger partial charge in [-0.05, 0) is 80.9 Å². The Morgan fingerprint density at radius 1 is 1.12 bits per heavy atom. The molecule has 0 atom stereocenters. The maximum absolute atomic E-state index is 14.3. The van der Waals surface area contributed by atoms with Gasteiger partial charge in [0, 0.05) is 17.1 Å². The first-order valence-corrected chi connectivity index (χ1v) is 13.6. The molecule has 5 aliphatic rings. The summed E-state index contributed by atoms with van der Waals surface area (Å²) in [7, 11) is -4.10. The predicted octanol–water partition coefficient (Wildman–Crippen LogP) is 4.17. The molecule has 0 saturated heterocycles. The second-order valence-electron chi connectivity index (χ2n) is 10.5. The molecule has 4 saturated carbocycles. The van der Waals surface area contributed by atoms with E-state index in [4.69, 9.17) is 11.6 Å². The van der Waals surface area contributed by atoms with Crippen LogP contribution in [0.3, 0.4) is 0 Å². The summed E-state index contributed by atoms with van der Waals surface area (Å²) in [6.07, 6.45) is 8.31. The van der Waals surface area contributed by atoms with Crippen molar-refractivity contribution in [3.8, 4) is 0 Å². The van der Waals surface area contributed by atoms with E-state index < -0.39 is 20.7 Å². The van der Waals surface area contributed by atoms with Gasteiger partial charge in [-0.2, -0.15) is 4.31 Å². The first-order chi connectivity index (χ1) is 16.2. The minimum atomic E-state index is -4.10. The Kier molecular flexibility index (Phi) is 5.24. The number of aromatic nitrogens is 2. The number of sulfonamides is 1. The molecule has 1 amide bonds. The molecule has 7 rings (SSSR count). The fourth-order valence-electron chi connectivity index (χ4n) is 7.09. The lowest BCUT2D eigenvalue weighted by atomic mass is 9.49. The number of anilines is 1. The molecular weight excluding hydrogens is 479 g/mol. The molecule has 1 N–H and O–H groups in total. The van der Waals surface area contributed by atoms with E-state index >= 15 is 0 Å². The lowest BCUT2D eigenvalue weighted by molar-refractivity contribution is -0.140. The molecule has 1 aromatic heterocycles. The summed E-state index contributed by atoms with van der Waals surface area (Å²) in [5.41, 5.74) is 0.965. The van der Waals surface area contributed by atoms with Gasteiger partial charge < -0.3 is 5.32 Å². The summed E-state index contributed by atoms with van der Waals surface area (Å²) in [4.78, 5) is 21.7. The van der Waals surface area contributed by atoms with Crippen LogP contribution in [0.5, 0.6) is 0 Å². The zero-order chi connectivity index (χ0) is 23.7. The van der Waals surface area contributed by atoms with Crippen molar-refractivity contribution < 1.29 is 17.6 Å². The Labute approximate surface area is 203 Å². The van der Waals surface area contributed by atoms with Crippen LogP contribution in [0.2, 0.25) is 5.02 Å². The fraction of sp³-hybridized carbons (Fsp3) is 0.542. The van der Waals surface area contributed by atoms with Crippen molar-refractivity contribution in [1.29, 1.82) is 0 Å². The van der Waals surface area contributed by atoms with Gasteiger partial charge in [0.1, 0.15) is 22.9 Å². The topological polar surface area (TPSA) is 92.3 Å². The fourth-order valence-corrected chi connectivity index (χ4v) is 8.82. The molecule has 4 bridgehead atoms. The van der Waals surface area contributed by atoms with Gasteiger partial charge in [-0.15, -0.1) is 0 Å². The van der Waals surface area contributed by atoms with Crippen LogP contribution >= 0.6 is 11.6 Å². The molecule has 1 aromatic carbocycles. The van der Waals surface area contributed by atoms with E-state index in [1.807, 2.05) is 0 Å². The van der Waals surface area contributed by atoms with E-state index in [9.17, 15) is 17.6 Å². The molecule has 7 nitrogen and oxygen atoms in total. The molecular formula is C24H26ClFN4O3S. The molecule has 1 aliphatic heterocycles. The highest BCUT2D eigenvalue weighted by atomic mass is 35.5. The van der Waals surface area contributed by atoms with E-state index in [-0.39, 0.29) is 29.4 Å². The van der Waals surface area contributed by atoms with Crippen LogP contribution in [0.4, 0.5) is 10.2 Å². The van der Waals surface area contributed by atoms with Gasteiger partial charge in [0.15, 0.2) is 0 Å². The van der Waals surface area contributed by atoms with E-state index in [0.717, 1.165) is 37.0 Å². The largest absolute Gasteiger partial charge is 0.310 e. The van der Waals surface area contributed by atoms with Crippen molar-refractivity contribution in [3.63, 3.8) is 0 Å². The zero-order valence-electron chi connectivity index (χ0n) is 18.6. The second kappa shape index (κ2) is 7.96. The van der Waals surface area contributed by atoms with Gasteiger partial charge in [0.25, 0.3) is 0 Å². The summed E-state index contributed by atoms with van der Waals surface area (Å²) in [6, 6.07) is 3.49. The smallest absolute Gasteiger partial charge is 0.246 e. The molecule has 0 spiro atoms. The van der Waals surface area contributed by atoms with Gasteiger partial charge in [0.05, 0.1) is 17.7 Å². The molecule has 10 heteroatoms. The van der Waals surface area contributed by atoms with Crippen molar-refractivity contribution in [3.05, 3.63) is 46.6 Å². The number of benzene rings is 1. The van der Waals surface area contributed by atoms with Gasteiger partial charge in [-0.1, -0.05) is 11.6 Å². The van der Waals surface area contributed by atoms with Gasteiger partial charge in [0.2, 0.25) is 15.9 Å². The Balaban J connectivity index is 1.24. The molecule has 2 aromatic rings. The number of rotatable bonds is 4. The third kappa shape index (κ3) is 3.63. The van der Waals surface area contributed by atoms with Crippen LogP contribution in [-0.4, -0.2) is 35.1 Å². The number of carbonyl (C=O) groups excluding carboxylic acids is 1. The van der Waals surface area contributed by atoms with Gasteiger partial charge in [-0.25, -0.2) is 22.8 Å². The molecule has 2 heterocycles. The highest BCUT2D eigenvalue weighted by Gasteiger charge is 2.54. The number of nitrogens with zero attached hydrogens (tertiary/aromatic N) is 3.